The maximum absolute atomic E-state index is 12.5. The normalized spacial score (nSPS) is 22.3. The van der Waals surface area contributed by atoms with Crippen LogP contribution in [0.15, 0.2) is 36.4 Å². The monoisotopic (exact) mass is 497 g/mol. The number of fused-ring (bicyclic) bond motifs is 3. The number of carboxylic acids is 1. The van der Waals surface area contributed by atoms with Gasteiger partial charge in [0.25, 0.3) is 0 Å². The van der Waals surface area contributed by atoms with Crippen molar-refractivity contribution in [3.8, 4) is 5.75 Å². The number of rotatable bonds is 6. The molecule has 1 N–H and O–H groups in total. The number of nitrogens with zero attached hydrogens (tertiary/aromatic N) is 1. The summed E-state index contributed by atoms with van der Waals surface area (Å²) in [5, 5.41) is 10.2. The van der Waals surface area contributed by atoms with Gasteiger partial charge in [-0.15, -0.1) is 0 Å². The summed E-state index contributed by atoms with van der Waals surface area (Å²) in [7, 11) is 1.29. The largest absolute Gasteiger partial charge is 0.490 e. The standard InChI is InChI=1S/C28H32ClNO5/c1-34-27(33)22(14-26(31)32)19-7-10-25-24(13-19)30(15-18-4-2-5-18)16-28(17-35-25)11-3-6-20-12-21(29)8-9-23(20)28/h7-10,12-13,18,22H,2-6,11,14-17H2,1H3,(H,31,32)/t22-,28+/m1/s1. The Morgan fingerprint density at radius 2 is 2.06 bits per heavy atom. The highest BCUT2D eigenvalue weighted by Gasteiger charge is 2.42. The second-order valence-corrected chi connectivity index (χ2v) is 10.7. The summed E-state index contributed by atoms with van der Waals surface area (Å²) in [4.78, 5) is 26.4. The molecule has 7 heteroatoms. The number of benzene rings is 2. The number of aryl methyl sites for hydroxylation is 1. The first-order chi connectivity index (χ1) is 16.9. The van der Waals surface area contributed by atoms with Crippen molar-refractivity contribution in [3.05, 3.63) is 58.1 Å². The molecule has 1 saturated carbocycles. The Balaban J connectivity index is 1.55. The Labute approximate surface area is 211 Å². The van der Waals surface area contributed by atoms with Crippen LogP contribution in [0.5, 0.6) is 5.75 Å². The molecule has 6 nitrogen and oxygen atoms in total. The molecule has 0 amide bonds. The van der Waals surface area contributed by atoms with Crippen molar-refractivity contribution >= 4 is 29.2 Å². The van der Waals surface area contributed by atoms with Crippen molar-refractivity contribution in [1.82, 2.24) is 0 Å². The van der Waals surface area contributed by atoms with Gasteiger partial charge in [-0.2, -0.15) is 0 Å². The molecule has 0 aromatic heterocycles. The third-order valence-corrected chi connectivity index (χ3v) is 8.27. The van der Waals surface area contributed by atoms with Gasteiger partial charge in [-0.05, 0) is 79.0 Å². The van der Waals surface area contributed by atoms with E-state index in [1.165, 1.54) is 37.5 Å². The van der Waals surface area contributed by atoms with E-state index in [1.54, 1.807) is 6.07 Å². The Hall–Kier alpha value is -2.73. The number of carbonyl (C=O) groups excluding carboxylic acids is 1. The van der Waals surface area contributed by atoms with E-state index in [2.05, 4.69) is 17.0 Å². The molecule has 0 bridgehead atoms. The molecule has 2 aliphatic carbocycles. The van der Waals surface area contributed by atoms with E-state index in [4.69, 9.17) is 21.1 Å². The third kappa shape index (κ3) is 4.73. The lowest BCUT2D eigenvalue weighted by molar-refractivity contribution is -0.147. The molecular formula is C28H32ClNO5. The van der Waals surface area contributed by atoms with Crippen LogP contribution >= 0.6 is 11.6 Å². The molecule has 0 unspecified atom stereocenters. The number of halogens is 1. The minimum Gasteiger partial charge on any atom is -0.490 e. The van der Waals surface area contributed by atoms with Crippen LogP contribution in [0.1, 0.15) is 61.1 Å². The van der Waals surface area contributed by atoms with Crippen LogP contribution < -0.4 is 9.64 Å². The fourth-order valence-electron chi connectivity index (χ4n) is 5.99. The van der Waals surface area contributed by atoms with Crippen LogP contribution in [-0.2, 0) is 26.2 Å². The van der Waals surface area contributed by atoms with Gasteiger partial charge in [0.1, 0.15) is 5.75 Å². The number of aliphatic carboxylic acids is 1. The molecule has 0 radical (unpaired) electrons. The van der Waals surface area contributed by atoms with Gasteiger partial charge in [0.2, 0.25) is 0 Å². The predicted octanol–water partition coefficient (Wildman–Crippen LogP) is 5.34. The molecule has 2 aromatic rings. The molecular weight excluding hydrogens is 466 g/mol. The van der Waals surface area contributed by atoms with Crippen molar-refractivity contribution in [2.75, 3.05) is 31.7 Å². The van der Waals surface area contributed by atoms with E-state index >= 15 is 0 Å². The van der Waals surface area contributed by atoms with E-state index in [0.717, 1.165) is 48.8 Å². The molecule has 1 heterocycles. The number of ether oxygens (including phenoxy) is 2. The molecule has 5 rings (SSSR count). The summed E-state index contributed by atoms with van der Waals surface area (Å²) in [5.41, 5.74) is 4.05. The minimum atomic E-state index is -1.03. The van der Waals surface area contributed by atoms with E-state index in [0.29, 0.717) is 18.1 Å². The van der Waals surface area contributed by atoms with E-state index in [-0.39, 0.29) is 11.8 Å². The molecule has 1 fully saturated rings. The highest BCUT2D eigenvalue weighted by Crippen LogP contribution is 2.46. The highest BCUT2D eigenvalue weighted by atomic mass is 35.5. The first-order valence-corrected chi connectivity index (χ1v) is 12.9. The smallest absolute Gasteiger partial charge is 0.313 e. The van der Waals surface area contributed by atoms with Crippen LogP contribution in [-0.4, -0.2) is 43.9 Å². The van der Waals surface area contributed by atoms with Crippen molar-refractivity contribution in [3.63, 3.8) is 0 Å². The van der Waals surface area contributed by atoms with Gasteiger partial charge in [0.05, 0.1) is 31.7 Å². The lowest BCUT2D eigenvalue weighted by atomic mass is 9.70. The molecule has 1 aliphatic heterocycles. The van der Waals surface area contributed by atoms with E-state index in [1.807, 2.05) is 18.2 Å². The van der Waals surface area contributed by atoms with Crippen LogP contribution in [0, 0.1) is 5.92 Å². The lowest BCUT2D eigenvalue weighted by Crippen LogP contribution is -2.47. The van der Waals surface area contributed by atoms with Crippen molar-refractivity contribution in [2.24, 2.45) is 5.92 Å². The molecule has 1 spiro atoms. The highest BCUT2D eigenvalue weighted by molar-refractivity contribution is 6.30. The maximum atomic E-state index is 12.5. The zero-order valence-corrected chi connectivity index (χ0v) is 20.9. The summed E-state index contributed by atoms with van der Waals surface area (Å²) < 4.78 is 11.4. The summed E-state index contributed by atoms with van der Waals surface area (Å²) in [6.45, 7) is 2.31. The number of esters is 1. The fourth-order valence-corrected chi connectivity index (χ4v) is 6.18. The number of hydrogen-bond acceptors (Lipinski definition) is 5. The average Bonchev–Trinajstić information content (AvgIpc) is 2.96. The topological polar surface area (TPSA) is 76.1 Å². The fraction of sp³-hybridized carbons (Fsp3) is 0.500. The summed E-state index contributed by atoms with van der Waals surface area (Å²) in [5.74, 6) is -1.02. The molecule has 2 atom stereocenters. The van der Waals surface area contributed by atoms with E-state index < -0.39 is 17.9 Å². The van der Waals surface area contributed by atoms with Gasteiger partial charge in [0, 0.05) is 23.5 Å². The van der Waals surface area contributed by atoms with Crippen molar-refractivity contribution in [2.45, 2.75) is 56.3 Å². The Morgan fingerprint density at radius 1 is 1.23 bits per heavy atom. The summed E-state index contributed by atoms with van der Waals surface area (Å²) >= 11 is 6.33. The van der Waals surface area contributed by atoms with E-state index in [9.17, 15) is 14.7 Å². The first kappa shape index (κ1) is 24.0. The third-order valence-electron chi connectivity index (χ3n) is 8.03. The van der Waals surface area contributed by atoms with Crippen LogP contribution in [0.3, 0.4) is 0 Å². The number of carbonyl (C=O) groups is 2. The Bertz CT molecular complexity index is 1130. The number of hydrogen-bond donors (Lipinski definition) is 1. The molecule has 186 valence electrons. The zero-order chi connectivity index (χ0) is 24.6. The van der Waals surface area contributed by atoms with Crippen LogP contribution in [0.2, 0.25) is 5.02 Å². The molecule has 0 saturated heterocycles. The van der Waals surface area contributed by atoms with Crippen LogP contribution in [0.4, 0.5) is 5.69 Å². The first-order valence-electron chi connectivity index (χ1n) is 12.5. The van der Waals surface area contributed by atoms with Gasteiger partial charge >= 0.3 is 11.9 Å². The van der Waals surface area contributed by atoms with Gasteiger partial charge in [-0.1, -0.05) is 30.2 Å². The number of methoxy groups -OCH3 is 1. The lowest BCUT2D eigenvalue weighted by Gasteiger charge is -2.42. The van der Waals surface area contributed by atoms with Gasteiger partial charge in [-0.3, -0.25) is 9.59 Å². The quantitative estimate of drug-likeness (QED) is 0.542. The maximum Gasteiger partial charge on any atom is 0.313 e. The minimum absolute atomic E-state index is 0.149. The van der Waals surface area contributed by atoms with Gasteiger partial charge < -0.3 is 19.5 Å². The second kappa shape index (κ2) is 9.73. The van der Waals surface area contributed by atoms with Crippen molar-refractivity contribution < 1.29 is 24.2 Å². The van der Waals surface area contributed by atoms with Crippen LogP contribution in [0.25, 0.3) is 0 Å². The molecule has 2 aromatic carbocycles. The Morgan fingerprint density at radius 3 is 2.77 bits per heavy atom. The SMILES string of the molecule is COC(=O)[C@H](CC(=O)O)c1ccc2c(c1)N(CC1CCC1)C[C@@]1(CCCc3cc(Cl)ccc31)CO2. The molecule has 3 aliphatic rings. The zero-order valence-electron chi connectivity index (χ0n) is 20.1. The van der Waals surface area contributed by atoms with Gasteiger partial charge in [0.15, 0.2) is 0 Å². The Kier molecular flexibility index (Phi) is 6.67. The second-order valence-electron chi connectivity index (χ2n) is 10.3. The summed E-state index contributed by atoms with van der Waals surface area (Å²) in [6, 6.07) is 11.9. The molecule has 35 heavy (non-hydrogen) atoms. The predicted molar refractivity (Wildman–Crippen MR) is 135 cm³/mol. The number of carboxylic acid groups (broad SMARTS) is 1. The average molecular weight is 498 g/mol. The number of anilines is 1. The van der Waals surface area contributed by atoms with Gasteiger partial charge in [-0.25, -0.2) is 0 Å². The van der Waals surface area contributed by atoms with Crippen molar-refractivity contribution in [1.29, 1.82) is 0 Å². The summed E-state index contributed by atoms with van der Waals surface area (Å²) in [6.07, 6.45) is 6.52.